The molecule has 0 spiro atoms. The molecule has 1 aromatic carbocycles. The van der Waals surface area contributed by atoms with Crippen LogP contribution in [0.15, 0.2) is 24.3 Å². The quantitative estimate of drug-likeness (QED) is 0.692. The van der Waals surface area contributed by atoms with Gasteiger partial charge in [0.15, 0.2) is 0 Å². The van der Waals surface area contributed by atoms with E-state index in [1.165, 1.54) is 0 Å². The molecule has 1 unspecified atom stereocenters. The number of amides is 2. The summed E-state index contributed by atoms with van der Waals surface area (Å²) in [6, 6.07) is 7.26. The van der Waals surface area contributed by atoms with E-state index in [2.05, 4.69) is 16.0 Å². The van der Waals surface area contributed by atoms with Crippen molar-refractivity contribution in [3.63, 3.8) is 0 Å². The lowest BCUT2D eigenvalue weighted by molar-refractivity contribution is -0.141. The van der Waals surface area contributed by atoms with E-state index in [-0.39, 0.29) is 12.6 Å². The highest BCUT2D eigenvalue weighted by Gasteiger charge is 2.07. The molecule has 0 aliphatic heterocycles. The lowest BCUT2D eigenvalue weighted by Gasteiger charge is -2.13. The van der Waals surface area contributed by atoms with Crippen molar-refractivity contribution in [2.75, 3.05) is 25.5 Å². The number of urea groups is 1. The van der Waals surface area contributed by atoms with Gasteiger partial charge in [-0.05, 0) is 38.6 Å². The molecule has 1 rings (SSSR count). The molecular formula is C14H21N3O3. The van der Waals surface area contributed by atoms with Crippen molar-refractivity contribution in [2.24, 2.45) is 0 Å². The van der Waals surface area contributed by atoms with Crippen LogP contribution < -0.4 is 16.0 Å². The van der Waals surface area contributed by atoms with Crippen LogP contribution >= 0.6 is 0 Å². The van der Waals surface area contributed by atoms with Crippen LogP contribution in [-0.4, -0.2) is 32.2 Å². The SMILES string of the molecule is CCOC(=O)CNC(=O)Nc1cccc(C(C)NC)c1. The molecule has 1 aromatic rings. The minimum Gasteiger partial charge on any atom is -0.465 e. The zero-order valence-corrected chi connectivity index (χ0v) is 12.0. The maximum atomic E-state index is 11.6. The molecule has 110 valence electrons. The first-order valence-corrected chi connectivity index (χ1v) is 6.54. The Kier molecular flexibility index (Phi) is 6.52. The second kappa shape index (κ2) is 8.16. The highest BCUT2D eigenvalue weighted by Crippen LogP contribution is 2.16. The Hall–Kier alpha value is -2.08. The molecule has 0 saturated heterocycles. The second-order valence-electron chi connectivity index (χ2n) is 4.25. The van der Waals surface area contributed by atoms with E-state index < -0.39 is 12.0 Å². The van der Waals surface area contributed by atoms with Crippen molar-refractivity contribution in [2.45, 2.75) is 19.9 Å². The summed E-state index contributed by atoms with van der Waals surface area (Å²) in [4.78, 5) is 22.7. The average Bonchev–Trinajstić information content (AvgIpc) is 2.45. The van der Waals surface area contributed by atoms with Crippen molar-refractivity contribution in [1.82, 2.24) is 10.6 Å². The third kappa shape index (κ3) is 5.27. The summed E-state index contributed by atoms with van der Waals surface area (Å²) >= 11 is 0. The smallest absolute Gasteiger partial charge is 0.325 e. The van der Waals surface area contributed by atoms with Crippen LogP contribution in [-0.2, 0) is 9.53 Å². The van der Waals surface area contributed by atoms with Crippen LogP contribution in [0.1, 0.15) is 25.5 Å². The number of carbonyl (C=O) groups is 2. The van der Waals surface area contributed by atoms with Gasteiger partial charge < -0.3 is 20.7 Å². The zero-order valence-electron chi connectivity index (χ0n) is 12.0. The van der Waals surface area contributed by atoms with Crippen LogP contribution in [0.2, 0.25) is 0 Å². The number of anilines is 1. The summed E-state index contributed by atoms with van der Waals surface area (Å²) in [5, 5.41) is 8.24. The monoisotopic (exact) mass is 279 g/mol. The molecule has 20 heavy (non-hydrogen) atoms. The van der Waals surface area contributed by atoms with E-state index in [1.807, 2.05) is 32.2 Å². The lowest BCUT2D eigenvalue weighted by atomic mass is 10.1. The molecule has 0 aliphatic carbocycles. The Morgan fingerprint density at radius 1 is 1.35 bits per heavy atom. The van der Waals surface area contributed by atoms with Crippen LogP contribution in [0.4, 0.5) is 10.5 Å². The summed E-state index contributed by atoms with van der Waals surface area (Å²) in [6.45, 7) is 3.89. The van der Waals surface area contributed by atoms with Gasteiger partial charge >= 0.3 is 12.0 Å². The summed E-state index contributed by atoms with van der Waals surface area (Å²) in [6.07, 6.45) is 0. The molecule has 0 bridgehead atoms. The van der Waals surface area contributed by atoms with Crippen LogP contribution in [0.3, 0.4) is 0 Å². The second-order valence-corrected chi connectivity index (χ2v) is 4.25. The number of hydrogen-bond acceptors (Lipinski definition) is 4. The molecular weight excluding hydrogens is 258 g/mol. The van der Waals surface area contributed by atoms with Gasteiger partial charge in [-0.1, -0.05) is 12.1 Å². The van der Waals surface area contributed by atoms with Crippen molar-refractivity contribution in [3.05, 3.63) is 29.8 Å². The van der Waals surface area contributed by atoms with Gasteiger partial charge in [0, 0.05) is 11.7 Å². The Morgan fingerprint density at radius 2 is 2.10 bits per heavy atom. The van der Waals surface area contributed by atoms with Crippen molar-refractivity contribution in [1.29, 1.82) is 0 Å². The van der Waals surface area contributed by atoms with E-state index in [0.29, 0.717) is 12.3 Å². The Bertz CT molecular complexity index is 463. The van der Waals surface area contributed by atoms with Crippen molar-refractivity contribution < 1.29 is 14.3 Å². The minimum absolute atomic E-state index is 0.147. The van der Waals surface area contributed by atoms with E-state index in [9.17, 15) is 9.59 Å². The molecule has 1 atom stereocenters. The van der Waals surface area contributed by atoms with Crippen LogP contribution in [0.25, 0.3) is 0 Å². The highest BCUT2D eigenvalue weighted by molar-refractivity contribution is 5.91. The topological polar surface area (TPSA) is 79.5 Å². The highest BCUT2D eigenvalue weighted by atomic mass is 16.5. The first-order valence-electron chi connectivity index (χ1n) is 6.54. The normalized spacial score (nSPS) is 11.6. The maximum absolute atomic E-state index is 11.6. The van der Waals surface area contributed by atoms with Crippen LogP contribution in [0, 0.1) is 0 Å². The maximum Gasteiger partial charge on any atom is 0.325 e. The van der Waals surface area contributed by atoms with Gasteiger partial charge in [0.2, 0.25) is 0 Å². The fraction of sp³-hybridized carbons (Fsp3) is 0.429. The van der Waals surface area contributed by atoms with Gasteiger partial charge in [-0.2, -0.15) is 0 Å². The molecule has 6 heteroatoms. The molecule has 0 aliphatic rings. The van der Waals surface area contributed by atoms with Gasteiger partial charge in [0.25, 0.3) is 0 Å². The van der Waals surface area contributed by atoms with Gasteiger partial charge in [-0.25, -0.2) is 4.79 Å². The Balaban J connectivity index is 2.51. The Morgan fingerprint density at radius 3 is 2.75 bits per heavy atom. The number of benzene rings is 1. The Labute approximate surface area is 118 Å². The molecule has 0 fully saturated rings. The number of hydrogen-bond donors (Lipinski definition) is 3. The van der Waals surface area contributed by atoms with E-state index in [1.54, 1.807) is 13.0 Å². The number of rotatable bonds is 6. The van der Waals surface area contributed by atoms with Crippen molar-refractivity contribution >= 4 is 17.7 Å². The minimum atomic E-state index is -0.458. The molecule has 0 aromatic heterocycles. The molecule has 0 heterocycles. The first-order chi connectivity index (χ1) is 9.56. The number of nitrogens with one attached hydrogen (secondary N) is 3. The molecule has 0 saturated carbocycles. The molecule has 2 amide bonds. The van der Waals surface area contributed by atoms with Gasteiger partial charge in [-0.15, -0.1) is 0 Å². The predicted molar refractivity (Wildman–Crippen MR) is 77.6 cm³/mol. The summed E-state index contributed by atoms with van der Waals surface area (Å²) < 4.78 is 4.72. The summed E-state index contributed by atoms with van der Waals surface area (Å²) in [5.41, 5.74) is 1.74. The third-order valence-electron chi connectivity index (χ3n) is 2.78. The fourth-order valence-corrected chi connectivity index (χ4v) is 1.59. The fourth-order valence-electron chi connectivity index (χ4n) is 1.59. The van der Waals surface area contributed by atoms with Gasteiger partial charge in [0.05, 0.1) is 6.61 Å². The van der Waals surface area contributed by atoms with E-state index >= 15 is 0 Å². The summed E-state index contributed by atoms with van der Waals surface area (Å²) in [7, 11) is 1.87. The third-order valence-corrected chi connectivity index (χ3v) is 2.78. The standard InChI is InChI=1S/C14H21N3O3/c1-4-20-13(18)9-16-14(19)17-12-7-5-6-11(8-12)10(2)15-3/h5-8,10,15H,4,9H2,1-3H3,(H2,16,17,19). The van der Waals surface area contributed by atoms with E-state index in [4.69, 9.17) is 4.74 Å². The van der Waals surface area contributed by atoms with Crippen molar-refractivity contribution in [3.8, 4) is 0 Å². The molecule has 0 radical (unpaired) electrons. The number of ether oxygens (including phenoxy) is 1. The number of esters is 1. The first kappa shape index (κ1) is 16.0. The predicted octanol–water partition coefficient (Wildman–Crippen LogP) is 1.65. The summed E-state index contributed by atoms with van der Waals surface area (Å²) in [5.74, 6) is -0.458. The van der Waals surface area contributed by atoms with Crippen LogP contribution in [0.5, 0.6) is 0 Å². The molecule has 6 nitrogen and oxygen atoms in total. The largest absolute Gasteiger partial charge is 0.465 e. The van der Waals surface area contributed by atoms with E-state index in [0.717, 1.165) is 5.56 Å². The van der Waals surface area contributed by atoms with Gasteiger partial charge in [-0.3, -0.25) is 4.79 Å². The average molecular weight is 279 g/mol. The molecule has 3 N–H and O–H groups in total. The van der Waals surface area contributed by atoms with Gasteiger partial charge in [0.1, 0.15) is 6.54 Å². The number of carbonyl (C=O) groups excluding carboxylic acids is 2. The lowest BCUT2D eigenvalue weighted by Crippen LogP contribution is -2.34. The zero-order chi connectivity index (χ0) is 15.0.